The van der Waals surface area contributed by atoms with E-state index in [0.717, 1.165) is 16.7 Å². The molecule has 44 heavy (non-hydrogen) atoms. The Bertz CT molecular complexity index is 1650. The Morgan fingerprint density at radius 2 is 1.86 bits per heavy atom. The largest absolute Gasteiger partial charge is 0.404 e. The first-order chi connectivity index (χ1) is 21.0. The molecule has 4 rings (SSSR count). The molecule has 15 heteroatoms. The monoisotopic (exact) mass is 647 g/mol. The van der Waals surface area contributed by atoms with Crippen LogP contribution in [0.25, 0.3) is 0 Å². The van der Waals surface area contributed by atoms with E-state index in [9.17, 15) is 32.0 Å². The number of nitriles is 1. The Hall–Kier alpha value is -4.00. The normalized spacial score (nSPS) is 17.3. The van der Waals surface area contributed by atoms with Crippen molar-refractivity contribution in [2.75, 3.05) is 23.8 Å². The van der Waals surface area contributed by atoms with Gasteiger partial charge in [0.15, 0.2) is 9.84 Å². The number of nitrogens with zero attached hydrogens (tertiary/aromatic N) is 4. The number of benzene rings is 2. The van der Waals surface area contributed by atoms with Crippen LogP contribution < -0.4 is 20.0 Å². The molecule has 1 N–H and O–H groups in total. The number of amides is 1. The lowest BCUT2D eigenvalue weighted by Gasteiger charge is -2.26. The zero-order valence-electron chi connectivity index (χ0n) is 23.9. The van der Waals surface area contributed by atoms with E-state index < -0.39 is 34.4 Å². The minimum Gasteiger partial charge on any atom is -0.404 e. The Morgan fingerprint density at radius 1 is 1.16 bits per heavy atom. The van der Waals surface area contributed by atoms with Crippen LogP contribution in [0, 0.1) is 11.3 Å². The van der Waals surface area contributed by atoms with E-state index in [-0.39, 0.29) is 40.4 Å². The number of hydrogen-bond acceptors (Lipinski definition) is 10. The van der Waals surface area contributed by atoms with Crippen LogP contribution in [0.5, 0.6) is 5.88 Å². The fourth-order valence-corrected chi connectivity index (χ4v) is 6.44. The topological polar surface area (TPSA) is 144 Å². The van der Waals surface area contributed by atoms with E-state index in [1.165, 1.54) is 31.3 Å². The Labute approximate surface area is 257 Å². The van der Waals surface area contributed by atoms with Crippen LogP contribution in [-0.4, -0.2) is 60.9 Å². The summed E-state index contributed by atoms with van der Waals surface area (Å²) in [7, 11) is -1.89. The van der Waals surface area contributed by atoms with Crippen LogP contribution in [-0.2, 0) is 21.6 Å². The molecule has 0 spiro atoms. The molecule has 0 aliphatic carbocycles. The standard InChI is InChI=1S/C29H31F2N5O6S2/c1-3-44(39,40)24-10-6-19(7-11-24)25(14-15-32)33-28(38)20-4-8-21(9-5-20)36-17-23(16-22(36)18-41-29(30)31)43-42-26-12-13-27(37)35(2)34-26/h4-13,22-23,25,29H,3,14,16-18H2,1-2H3,(H,33,38)/t22-,23?,25-/m0/s1. The van der Waals surface area contributed by atoms with Crippen LogP contribution >= 0.6 is 12.0 Å². The van der Waals surface area contributed by atoms with Crippen molar-refractivity contribution in [3.8, 4) is 11.9 Å². The highest BCUT2D eigenvalue weighted by molar-refractivity contribution is 7.95. The first-order valence-electron chi connectivity index (χ1n) is 13.7. The maximum Gasteiger partial charge on any atom is 0.345 e. The van der Waals surface area contributed by atoms with Crippen LogP contribution in [0.15, 0.2) is 70.4 Å². The third-order valence-corrected chi connectivity index (χ3v) is 9.71. The smallest absolute Gasteiger partial charge is 0.345 e. The molecule has 0 radical (unpaired) electrons. The van der Waals surface area contributed by atoms with Crippen molar-refractivity contribution < 1.29 is 30.9 Å². The van der Waals surface area contributed by atoms with Crippen molar-refractivity contribution in [1.82, 2.24) is 15.1 Å². The summed E-state index contributed by atoms with van der Waals surface area (Å²) >= 11 is 1.12. The third kappa shape index (κ3) is 8.34. The summed E-state index contributed by atoms with van der Waals surface area (Å²) < 4.78 is 61.4. The van der Waals surface area contributed by atoms with E-state index in [1.807, 2.05) is 11.0 Å². The van der Waals surface area contributed by atoms with E-state index in [1.54, 1.807) is 43.3 Å². The number of rotatable bonds is 13. The predicted octanol–water partition coefficient (Wildman–Crippen LogP) is 3.87. The summed E-state index contributed by atoms with van der Waals surface area (Å²) in [5, 5.41) is 16.0. The molecule has 2 heterocycles. The minimum atomic E-state index is -3.39. The van der Waals surface area contributed by atoms with Gasteiger partial charge >= 0.3 is 6.61 Å². The first kappa shape index (κ1) is 32.9. The van der Waals surface area contributed by atoms with Gasteiger partial charge in [-0.25, -0.2) is 13.1 Å². The lowest BCUT2D eigenvalue weighted by molar-refractivity contribution is -0.131. The molecule has 0 saturated carbocycles. The number of ether oxygens (including phenoxy) is 1. The van der Waals surface area contributed by atoms with Crippen molar-refractivity contribution in [3.05, 3.63) is 82.1 Å². The van der Waals surface area contributed by atoms with Gasteiger partial charge in [0.2, 0.25) is 5.88 Å². The summed E-state index contributed by atoms with van der Waals surface area (Å²) in [5.41, 5.74) is 1.31. The Morgan fingerprint density at radius 3 is 2.48 bits per heavy atom. The third-order valence-electron chi connectivity index (χ3n) is 7.08. The van der Waals surface area contributed by atoms with Gasteiger partial charge in [-0.3, -0.25) is 9.59 Å². The first-order valence-corrected chi connectivity index (χ1v) is 16.1. The molecule has 1 unspecified atom stereocenters. The van der Waals surface area contributed by atoms with Gasteiger partial charge in [-0.15, -0.1) is 5.10 Å². The van der Waals surface area contributed by atoms with Crippen molar-refractivity contribution in [3.63, 3.8) is 0 Å². The molecule has 1 saturated heterocycles. The molecule has 3 atom stereocenters. The highest BCUT2D eigenvalue weighted by atomic mass is 32.2. The lowest BCUT2D eigenvalue weighted by atomic mass is 10.0. The summed E-state index contributed by atoms with van der Waals surface area (Å²) in [6.45, 7) is -1.15. The van der Waals surface area contributed by atoms with Crippen LogP contribution in [0.4, 0.5) is 14.5 Å². The second-order valence-corrected chi connectivity index (χ2v) is 13.3. The predicted molar refractivity (Wildman–Crippen MR) is 160 cm³/mol. The van der Waals surface area contributed by atoms with Gasteiger partial charge in [0.25, 0.3) is 11.5 Å². The molecular weight excluding hydrogens is 616 g/mol. The minimum absolute atomic E-state index is 0.0285. The fourth-order valence-electron chi connectivity index (χ4n) is 4.71. The number of aryl methyl sites for hydroxylation is 1. The molecule has 1 amide bonds. The highest BCUT2D eigenvalue weighted by Gasteiger charge is 2.35. The number of aromatic nitrogens is 2. The highest BCUT2D eigenvalue weighted by Crippen LogP contribution is 2.33. The van der Waals surface area contributed by atoms with Gasteiger partial charge < -0.3 is 19.1 Å². The quantitative estimate of drug-likeness (QED) is 0.272. The molecule has 1 aliphatic rings. The molecule has 1 fully saturated rings. The number of alkyl halides is 2. The lowest BCUT2D eigenvalue weighted by Crippen LogP contribution is -2.34. The zero-order valence-corrected chi connectivity index (χ0v) is 25.6. The van der Waals surface area contributed by atoms with Gasteiger partial charge in [-0.2, -0.15) is 14.0 Å². The zero-order chi connectivity index (χ0) is 31.9. The Kier molecular flexibility index (Phi) is 11.0. The second kappa shape index (κ2) is 14.7. The van der Waals surface area contributed by atoms with Crippen LogP contribution in [0.2, 0.25) is 0 Å². The average Bonchev–Trinajstić information content (AvgIpc) is 3.43. The number of carbonyl (C=O) groups excluding carboxylic acids is 1. The number of anilines is 1. The van der Waals surface area contributed by atoms with Crippen molar-refractivity contribution in [2.45, 2.75) is 48.6 Å². The molecule has 1 aliphatic heterocycles. The van der Waals surface area contributed by atoms with E-state index in [4.69, 9.17) is 4.18 Å². The van der Waals surface area contributed by atoms with Crippen LogP contribution in [0.1, 0.15) is 41.7 Å². The van der Waals surface area contributed by atoms with Crippen molar-refractivity contribution >= 4 is 33.5 Å². The summed E-state index contributed by atoms with van der Waals surface area (Å²) in [6.07, 6.45) is 0.443. The second-order valence-electron chi connectivity index (χ2n) is 9.98. The van der Waals surface area contributed by atoms with Gasteiger partial charge in [0, 0.05) is 37.0 Å². The summed E-state index contributed by atoms with van der Waals surface area (Å²) in [5.74, 6) is -0.240. The summed E-state index contributed by atoms with van der Waals surface area (Å²) in [4.78, 5) is 26.7. The molecule has 2 aromatic carbocycles. The molecule has 0 bridgehead atoms. The molecule has 11 nitrogen and oxygen atoms in total. The molecule has 3 aromatic rings. The SMILES string of the molecule is CCS(=O)(=O)c1ccc([C@H](CC#N)NC(=O)c2ccc(N3CC(SOc4ccc(=O)n(C)n4)C[C@H]3COC(F)F)cc2)cc1. The molecule has 234 valence electrons. The van der Waals surface area contributed by atoms with Crippen molar-refractivity contribution in [2.24, 2.45) is 7.05 Å². The number of halogens is 2. The van der Waals surface area contributed by atoms with Crippen LogP contribution in [0.3, 0.4) is 0 Å². The summed E-state index contributed by atoms with van der Waals surface area (Å²) in [6, 6.07) is 16.5. The molecular formula is C29H31F2N5O6S2. The van der Waals surface area contributed by atoms with E-state index >= 15 is 0 Å². The van der Waals surface area contributed by atoms with Crippen molar-refractivity contribution in [1.29, 1.82) is 5.26 Å². The van der Waals surface area contributed by atoms with Gasteiger partial charge in [0.05, 0.1) is 59.1 Å². The molecule has 1 aromatic heterocycles. The van der Waals surface area contributed by atoms with E-state index in [2.05, 4.69) is 15.2 Å². The fraction of sp³-hybridized carbons (Fsp3) is 0.379. The number of nitrogens with one attached hydrogen (secondary N) is 1. The number of sulfone groups is 1. The number of hydrogen-bond donors (Lipinski definition) is 1. The Balaban J connectivity index is 1.44. The average molecular weight is 648 g/mol. The van der Waals surface area contributed by atoms with Gasteiger partial charge in [0.1, 0.15) is 0 Å². The van der Waals surface area contributed by atoms with Gasteiger partial charge in [-0.05, 0) is 48.4 Å². The van der Waals surface area contributed by atoms with Gasteiger partial charge in [-0.1, -0.05) is 19.1 Å². The maximum absolute atomic E-state index is 13.1. The number of carbonyl (C=O) groups is 1. The maximum atomic E-state index is 13.1. The van der Waals surface area contributed by atoms with E-state index in [0.29, 0.717) is 29.8 Å².